The third-order valence-electron chi connectivity index (χ3n) is 3.96. The minimum Gasteiger partial charge on any atom is -0.459 e. The molecule has 0 aliphatic carbocycles. The van der Waals surface area contributed by atoms with E-state index < -0.39 is 7.12 Å². The zero-order chi connectivity index (χ0) is 15.0. The number of nitrogens with two attached hydrogens (primary N) is 1. The average Bonchev–Trinajstić information content (AvgIpc) is 2.59. The average molecular weight is 278 g/mol. The molecule has 1 aliphatic heterocycles. The summed E-state index contributed by atoms with van der Waals surface area (Å²) in [4.78, 5) is 4.24. The van der Waals surface area contributed by atoms with Crippen LogP contribution in [-0.2, 0) is 9.31 Å². The summed E-state index contributed by atoms with van der Waals surface area (Å²) in [5.41, 5.74) is 5.90. The van der Waals surface area contributed by atoms with E-state index in [0.717, 1.165) is 11.9 Å². The maximum Gasteiger partial charge on any atom is 0.496 e. The number of nitrogens with zero attached hydrogens (tertiary/aromatic N) is 1. The van der Waals surface area contributed by atoms with Gasteiger partial charge in [0.05, 0.1) is 11.2 Å². The molecule has 2 rings (SSSR count). The molecule has 1 aromatic rings. The summed E-state index contributed by atoms with van der Waals surface area (Å²) in [6.07, 6.45) is 2.12. The molecule has 1 unspecified atom stereocenters. The standard InChI is InChI=1S/C14H23BN2O3/c1-6-11(16)18-12-8-7-10(9-17-12)15-19-13(2,3)14(4,5)20-15/h7-9,11H,6,16H2,1-5H3. The lowest BCUT2D eigenvalue weighted by molar-refractivity contribution is 0.00578. The summed E-state index contributed by atoms with van der Waals surface area (Å²) < 4.78 is 17.4. The van der Waals surface area contributed by atoms with Crippen LogP contribution in [0.2, 0.25) is 0 Å². The molecule has 110 valence electrons. The highest BCUT2D eigenvalue weighted by molar-refractivity contribution is 6.62. The Kier molecular flexibility index (Phi) is 4.09. The third kappa shape index (κ3) is 2.97. The molecule has 0 spiro atoms. The quantitative estimate of drug-likeness (QED) is 0.667. The van der Waals surface area contributed by atoms with Crippen molar-refractivity contribution in [3.63, 3.8) is 0 Å². The first-order valence-corrected chi connectivity index (χ1v) is 6.99. The fourth-order valence-corrected chi connectivity index (χ4v) is 1.82. The predicted molar refractivity (Wildman–Crippen MR) is 78.8 cm³/mol. The highest BCUT2D eigenvalue weighted by atomic mass is 16.7. The van der Waals surface area contributed by atoms with Gasteiger partial charge in [-0.3, -0.25) is 5.73 Å². The van der Waals surface area contributed by atoms with Gasteiger partial charge in [-0.1, -0.05) is 13.0 Å². The van der Waals surface area contributed by atoms with Crippen LogP contribution in [0.3, 0.4) is 0 Å². The smallest absolute Gasteiger partial charge is 0.459 e. The molecule has 2 heterocycles. The van der Waals surface area contributed by atoms with Crippen molar-refractivity contribution in [2.24, 2.45) is 5.73 Å². The van der Waals surface area contributed by atoms with Gasteiger partial charge in [-0.15, -0.1) is 0 Å². The van der Waals surface area contributed by atoms with Gasteiger partial charge in [0.2, 0.25) is 5.88 Å². The normalized spacial score (nSPS) is 21.8. The molecule has 0 bridgehead atoms. The molecule has 1 aromatic heterocycles. The first kappa shape index (κ1) is 15.3. The number of aromatic nitrogens is 1. The summed E-state index contributed by atoms with van der Waals surface area (Å²) in [6, 6.07) is 3.68. The zero-order valence-corrected chi connectivity index (χ0v) is 12.8. The second-order valence-electron chi connectivity index (χ2n) is 6.08. The molecule has 20 heavy (non-hydrogen) atoms. The number of ether oxygens (including phenoxy) is 1. The van der Waals surface area contributed by atoms with Crippen LogP contribution < -0.4 is 15.9 Å². The van der Waals surface area contributed by atoms with Crippen molar-refractivity contribution in [1.29, 1.82) is 0 Å². The van der Waals surface area contributed by atoms with E-state index in [1.165, 1.54) is 0 Å². The second-order valence-corrected chi connectivity index (χ2v) is 6.08. The lowest BCUT2D eigenvalue weighted by Gasteiger charge is -2.32. The molecule has 0 aromatic carbocycles. The van der Waals surface area contributed by atoms with Gasteiger partial charge in [0, 0.05) is 11.7 Å². The number of rotatable bonds is 4. The molecule has 2 N–H and O–H groups in total. The molecule has 1 saturated heterocycles. The Morgan fingerprint density at radius 1 is 1.25 bits per heavy atom. The number of hydrogen-bond donors (Lipinski definition) is 1. The minimum atomic E-state index is -0.401. The van der Waals surface area contributed by atoms with Crippen LogP contribution in [0.1, 0.15) is 41.0 Å². The first-order chi connectivity index (χ1) is 9.25. The van der Waals surface area contributed by atoms with Crippen LogP contribution in [-0.4, -0.2) is 29.5 Å². The van der Waals surface area contributed by atoms with Gasteiger partial charge in [-0.2, -0.15) is 0 Å². The number of pyridine rings is 1. The molecule has 0 saturated carbocycles. The largest absolute Gasteiger partial charge is 0.496 e. The van der Waals surface area contributed by atoms with Crippen molar-refractivity contribution in [1.82, 2.24) is 4.98 Å². The van der Waals surface area contributed by atoms with Crippen LogP contribution in [0.4, 0.5) is 0 Å². The molecule has 1 fully saturated rings. The fraction of sp³-hybridized carbons (Fsp3) is 0.643. The van der Waals surface area contributed by atoms with Crippen molar-refractivity contribution >= 4 is 12.6 Å². The molecule has 1 atom stereocenters. The second kappa shape index (κ2) is 5.35. The van der Waals surface area contributed by atoms with Crippen molar-refractivity contribution in [2.45, 2.75) is 58.5 Å². The monoisotopic (exact) mass is 278 g/mol. The Morgan fingerprint density at radius 2 is 1.85 bits per heavy atom. The number of hydrogen-bond acceptors (Lipinski definition) is 5. The Bertz CT molecular complexity index is 446. The molecular formula is C14H23BN2O3. The lowest BCUT2D eigenvalue weighted by Crippen LogP contribution is -2.41. The van der Waals surface area contributed by atoms with Gasteiger partial charge >= 0.3 is 7.12 Å². The molecule has 6 heteroatoms. The Morgan fingerprint density at radius 3 is 2.30 bits per heavy atom. The summed E-state index contributed by atoms with van der Waals surface area (Å²) >= 11 is 0. The molecular weight excluding hydrogens is 255 g/mol. The minimum absolute atomic E-state index is 0.329. The Balaban J connectivity index is 2.08. The van der Waals surface area contributed by atoms with E-state index in [4.69, 9.17) is 19.8 Å². The van der Waals surface area contributed by atoms with Gasteiger partial charge in [0.25, 0.3) is 0 Å². The maximum absolute atomic E-state index is 5.96. The highest BCUT2D eigenvalue weighted by Crippen LogP contribution is 2.36. The van der Waals surface area contributed by atoms with Crippen LogP contribution in [0.15, 0.2) is 18.3 Å². The SMILES string of the molecule is CCC(N)Oc1ccc(B2OC(C)(C)C(C)(C)O2)cn1. The van der Waals surface area contributed by atoms with Gasteiger partial charge in [-0.05, 0) is 40.2 Å². The van der Waals surface area contributed by atoms with Crippen LogP contribution >= 0.6 is 0 Å². The van der Waals surface area contributed by atoms with Gasteiger partial charge in [-0.25, -0.2) is 4.98 Å². The summed E-state index contributed by atoms with van der Waals surface area (Å²) in [6.45, 7) is 10.1. The molecule has 1 aliphatic rings. The lowest BCUT2D eigenvalue weighted by atomic mass is 9.80. The van der Waals surface area contributed by atoms with Gasteiger partial charge < -0.3 is 14.0 Å². The van der Waals surface area contributed by atoms with E-state index in [0.29, 0.717) is 5.88 Å². The van der Waals surface area contributed by atoms with Crippen molar-refractivity contribution in [3.8, 4) is 5.88 Å². The third-order valence-corrected chi connectivity index (χ3v) is 3.96. The fourth-order valence-electron chi connectivity index (χ4n) is 1.82. The first-order valence-electron chi connectivity index (χ1n) is 6.99. The predicted octanol–water partition coefficient (Wildman–Crippen LogP) is 1.45. The van der Waals surface area contributed by atoms with Gasteiger partial charge in [0.1, 0.15) is 6.23 Å². The van der Waals surface area contributed by atoms with Crippen molar-refractivity contribution in [3.05, 3.63) is 18.3 Å². The van der Waals surface area contributed by atoms with E-state index in [1.807, 2.05) is 40.7 Å². The maximum atomic E-state index is 5.96. The van der Waals surface area contributed by atoms with E-state index in [2.05, 4.69) is 4.98 Å². The highest BCUT2D eigenvalue weighted by Gasteiger charge is 2.51. The van der Waals surface area contributed by atoms with Crippen molar-refractivity contribution < 1.29 is 14.0 Å². The summed E-state index contributed by atoms with van der Waals surface area (Å²) in [7, 11) is -0.401. The molecule has 0 radical (unpaired) electrons. The Labute approximate surface area is 121 Å². The zero-order valence-electron chi connectivity index (χ0n) is 12.8. The molecule has 5 nitrogen and oxygen atoms in total. The van der Waals surface area contributed by atoms with Crippen LogP contribution in [0.5, 0.6) is 5.88 Å². The van der Waals surface area contributed by atoms with Crippen LogP contribution in [0.25, 0.3) is 0 Å². The molecule has 0 amide bonds. The van der Waals surface area contributed by atoms with E-state index in [1.54, 1.807) is 12.3 Å². The van der Waals surface area contributed by atoms with Crippen molar-refractivity contribution in [2.75, 3.05) is 0 Å². The topological polar surface area (TPSA) is 66.6 Å². The Hall–Kier alpha value is -1.11. The summed E-state index contributed by atoms with van der Waals surface area (Å²) in [5, 5.41) is 0. The van der Waals surface area contributed by atoms with Crippen LogP contribution in [0, 0.1) is 0 Å². The summed E-state index contributed by atoms with van der Waals surface area (Å²) in [5.74, 6) is 0.514. The van der Waals surface area contributed by atoms with E-state index in [9.17, 15) is 0 Å². The van der Waals surface area contributed by atoms with E-state index in [-0.39, 0.29) is 17.4 Å². The van der Waals surface area contributed by atoms with Gasteiger partial charge in [0.15, 0.2) is 0 Å². The van der Waals surface area contributed by atoms with E-state index >= 15 is 0 Å².